The summed E-state index contributed by atoms with van der Waals surface area (Å²) in [6.07, 6.45) is 2.78. The Kier molecular flexibility index (Phi) is 4.31. The smallest absolute Gasteiger partial charge is 0.312 e. The first-order chi connectivity index (χ1) is 12.3. The van der Waals surface area contributed by atoms with Crippen molar-refractivity contribution < 1.29 is 29.3 Å². The van der Waals surface area contributed by atoms with E-state index >= 15 is 0 Å². The Morgan fingerprint density at radius 2 is 1.93 bits per heavy atom. The number of Topliss-reactive ketones (excluding diaryl/α,β-unsaturated/α-hetero) is 1. The summed E-state index contributed by atoms with van der Waals surface area (Å²) in [6, 6.07) is 0. The second kappa shape index (κ2) is 5.84. The predicted octanol–water partition coefficient (Wildman–Crippen LogP) is 3.20. The Morgan fingerprint density at radius 3 is 2.48 bits per heavy atom. The Hall–Kier alpha value is -1.82. The molecule has 2 aliphatic heterocycles. The van der Waals surface area contributed by atoms with E-state index < -0.39 is 28.0 Å². The van der Waals surface area contributed by atoms with Gasteiger partial charge in [-0.25, -0.2) is 0 Å². The molecular formula is C21H30O6. The zero-order chi connectivity index (χ0) is 20.4. The molecule has 0 amide bonds. The van der Waals surface area contributed by atoms with E-state index in [1.165, 1.54) is 0 Å². The van der Waals surface area contributed by atoms with Crippen LogP contribution in [-0.4, -0.2) is 39.3 Å². The van der Waals surface area contributed by atoms with Crippen LogP contribution in [0.25, 0.3) is 0 Å². The molecule has 0 spiro atoms. The van der Waals surface area contributed by atoms with Gasteiger partial charge in [0.1, 0.15) is 11.7 Å². The van der Waals surface area contributed by atoms with Gasteiger partial charge in [-0.2, -0.15) is 0 Å². The number of ether oxygens (including phenoxy) is 2. The van der Waals surface area contributed by atoms with E-state index in [2.05, 4.69) is 6.58 Å². The Morgan fingerprint density at radius 1 is 1.30 bits per heavy atom. The van der Waals surface area contributed by atoms with E-state index in [1.807, 2.05) is 20.8 Å². The van der Waals surface area contributed by atoms with Crippen molar-refractivity contribution in [3.05, 3.63) is 24.2 Å². The molecule has 5 atom stereocenters. The lowest BCUT2D eigenvalue weighted by Gasteiger charge is -2.63. The number of allylic oxidation sites excluding steroid dienone is 1. The Balaban J connectivity index is 2.12. The molecule has 27 heavy (non-hydrogen) atoms. The number of aliphatic carboxylic acids is 1. The number of hydrogen-bond donors (Lipinski definition) is 2. The largest absolute Gasteiger partial charge is 0.481 e. The predicted molar refractivity (Wildman–Crippen MR) is 98.7 cm³/mol. The maximum atomic E-state index is 12.6. The molecule has 150 valence electrons. The number of aliphatic hydroxyl groups is 1. The van der Waals surface area contributed by atoms with Crippen LogP contribution >= 0.6 is 0 Å². The number of rotatable bonds is 3. The molecule has 0 aromatic heterocycles. The van der Waals surface area contributed by atoms with Gasteiger partial charge in [0, 0.05) is 17.8 Å². The number of carboxylic acids is 1. The lowest BCUT2D eigenvalue weighted by Crippen LogP contribution is -2.69. The molecule has 1 aliphatic carbocycles. The van der Waals surface area contributed by atoms with Crippen LogP contribution in [0.4, 0.5) is 0 Å². The van der Waals surface area contributed by atoms with E-state index in [9.17, 15) is 19.8 Å². The number of carbonyl (C=O) groups is 2. The van der Waals surface area contributed by atoms with E-state index in [1.54, 1.807) is 19.9 Å². The monoisotopic (exact) mass is 378 g/mol. The van der Waals surface area contributed by atoms with Crippen LogP contribution in [0.15, 0.2) is 24.2 Å². The second-order valence-electron chi connectivity index (χ2n) is 9.27. The SMILES string of the molecule is C=C[C@]1(C)[C@@H]2CC3=C(O[C@H](C)CC3=O)O[C@]2(C)CC[C@@]1(O)C(C)(C)C(=O)O. The molecular weight excluding hydrogens is 348 g/mol. The standard InChI is InChI=1S/C21H30O6/c1-7-19(5)15-11-13-14(22)10-12(2)26-16(13)27-20(15,6)8-9-21(19,25)18(3,4)17(23)24/h7,12,15,25H,1,8-11H2,2-6H3,(H,23,24)/t12-,15+,19-,20-,21-/m1/s1. The van der Waals surface area contributed by atoms with Crippen molar-refractivity contribution in [2.75, 3.05) is 0 Å². The highest BCUT2D eigenvalue weighted by Crippen LogP contribution is 2.63. The van der Waals surface area contributed by atoms with Crippen LogP contribution in [0.3, 0.4) is 0 Å². The van der Waals surface area contributed by atoms with E-state index in [0.29, 0.717) is 30.8 Å². The molecule has 0 radical (unpaired) electrons. The molecule has 3 rings (SSSR count). The van der Waals surface area contributed by atoms with Crippen LogP contribution in [0.2, 0.25) is 0 Å². The van der Waals surface area contributed by atoms with Gasteiger partial charge in [-0.05, 0) is 47.0 Å². The number of ketones is 1. The molecule has 0 bridgehead atoms. The van der Waals surface area contributed by atoms with Gasteiger partial charge < -0.3 is 19.7 Å². The summed E-state index contributed by atoms with van der Waals surface area (Å²) in [7, 11) is 0. The number of fused-ring (bicyclic) bond motifs is 1. The number of carboxylic acid groups (broad SMARTS) is 1. The Labute approximate surface area is 160 Å². The summed E-state index contributed by atoms with van der Waals surface area (Å²) >= 11 is 0. The third-order valence-corrected chi connectivity index (χ3v) is 7.43. The molecule has 0 saturated heterocycles. The van der Waals surface area contributed by atoms with E-state index in [-0.39, 0.29) is 24.2 Å². The molecule has 6 heteroatoms. The summed E-state index contributed by atoms with van der Waals surface area (Å²) in [6.45, 7) is 12.6. The lowest BCUT2D eigenvalue weighted by molar-refractivity contribution is -0.252. The van der Waals surface area contributed by atoms with Crippen molar-refractivity contribution in [1.82, 2.24) is 0 Å². The summed E-state index contributed by atoms with van der Waals surface area (Å²) in [4.78, 5) is 24.6. The average Bonchev–Trinajstić information content (AvgIpc) is 2.57. The second-order valence-corrected chi connectivity index (χ2v) is 9.27. The molecule has 0 aromatic rings. The van der Waals surface area contributed by atoms with Gasteiger partial charge in [0.05, 0.1) is 16.6 Å². The van der Waals surface area contributed by atoms with Gasteiger partial charge in [0.15, 0.2) is 5.78 Å². The number of carbonyl (C=O) groups excluding carboxylic acids is 1. The van der Waals surface area contributed by atoms with Gasteiger partial charge in [-0.15, -0.1) is 6.58 Å². The lowest BCUT2D eigenvalue weighted by atomic mass is 9.46. The molecule has 1 fully saturated rings. The topological polar surface area (TPSA) is 93.1 Å². The van der Waals surface area contributed by atoms with Gasteiger partial charge in [0.2, 0.25) is 0 Å². The molecule has 2 heterocycles. The average molecular weight is 378 g/mol. The molecule has 0 unspecified atom stereocenters. The zero-order valence-corrected chi connectivity index (χ0v) is 16.8. The minimum Gasteiger partial charge on any atom is -0.481 e. The van der Waals surface area contributed by atoms with E-state index in [0.717, 1.165) is 0 Å². The first-order valence-electron chi connectivity index (χ1n) is 9.54. The van der Waals surface area contributed by atoms with Gasteiger partial charge in [-0.1, -0.05) is 13.0 Å². The highest BCUT2D eigenvalue weighted by molar-refractivity contribution is 5.96. The van der Waals surface area contributed by atoms with Crippen molar-refractivity contribution in [1.29, 1.82) is 0 Å². The van der Waals surface area contributed by atoms with Crippen molar-refractivity contribution in [3.8, 4) is 0 Å². The highest BCUT2D eigenvalue weighted by atomic mass is 16.7. The maximum Gasteiger partial charge on any atom is 0.312 e. The fourth-order valence-corrected chi connectivity index (χ4v) is 5.31. The Bertz CT molecular complexity index is 737. The minimum atomic E-state index is -1.54. The fraction of sp³-hybridized carbons (Fsp3) is 0.714. The first-order valence-corrected chi connectivity index (χ1v) is 9.54. The van der Waals surface area contributed by atoms with Crippen molar-refractivity contribution >= 4 is 11.8 Å². The van der Waals surface area contributed by atoms with Gasteiger partial charge >= 0.3 is 5.97 Å². The molecule has 6 nitrogen and oxygen atoms in total. The first kappa shape index (κ1) is 19.9. The maximum absolute atomic E-state index is 12.6. The summed E-state index contributed by atoms with van der Waals surface area (Å²) in [5, 5.41) is 21.5. The summed E-state index contributed by atoms with van der Waals surface area (Å²) in [5.41, 5.74) is -4.08. The summed E-state index contributed by atoms with van der Waals surface area (Å²) in [5.74, 6) is -1.08. The molecule has 2 N–H and O–H groups in total. The van der Waals surface area contributed by atoms with Crippen LogP contribution in [-0.2, 0) is 19.1 Å². The van der Waals surface area contributed by atoms with Crippen LogP contribution in [0.5, 0.6) is 0 Å². The summed E-state index contributed by atoms with van der Waals surface area (Å²) < 4.78 is 12.0. The third kappa shape index (κ3) is 2.49. The van der Waals surface area contributed by atoms with Crippen molar-refractivity contribution in [2.24, 2.45) is 16.7 Å². The minimum absolute atomic E-state index is 0.0104. The van der Waals surface area contributed by atoms with Crippen LogP contribution in [0.1, 0.15) is 60.3 Å². The molecule has 0 aromatic carbocycles. The normalized spacial score (nSPS) is 41.8. The molecule has 1 saturated carbocycles. The van der Waals surface area contributed by atoms with Gasteiger partial charge in [0.25, 0.3) is 5.95 Å². The van der Waals surface area contributed by atoms with Gasteiger partial charge in [-0.3, -0.25) is 9.59 Å². The van der Waals surface area contributed by atoms with Crippen molar-refractivity contribution in [2.45, 2.75) is 77.6 Å². The molecule has 3 aliphatic rings. The van der Waals surface area contributed by atoms with Crippen molar-refractivity contribution in [3.63, 3.8) is 0 Å². The highest BCUT2D eigenvalue weighted by Gasteiger charge is 2.68. The quantitative estimate of drug-likeness (QED) is 0.733. The fourth-order valence-electron chi connectivity index (χ4n) is 5.31. The third-order valence-electron chi connectivity index (χ3n) is 7.43. The van der Waals surface area contributed by atoms with Crippen LogP contribution in [0, 0.1) is 16.7 Å². The van der Waals surface area contributed by atoms with Crippen LogP contribution < -0.4 is 0 Å². The number of hydrogen-bond acceptors (Lipinski definition) is 5. The van der Waals surface area contributed by atoms with E-state index in [4.69, 9.17) is 9.47 Å². The zero-order valence-electron chi connectivity index (χ0n) is 16.8.